The average Bonchev–Trinajstić information content (AvgIpc) is 3.25. The number of rotatable bonds is 9. The van der Waals surface area contributed by atoms with E-state index < -0.39 is 10.1 Å². The van der Waals surface area contributed by atoms with E-state index in [0.717, 1.165) is 47.9 Å². The minimum atomic E-state index is -3.39. The molecule has 0 amide bonds. The van der Waals surface area contributed by atoms with Gasteiger partial charge in [0.2, 0.25) is 0 Å². The van der Waals surface area contributed by atoms with Crippen molar-refractivity contribution in [2.45, 2.75) is 0 Å². The second-order valence-electron chi connectivity index (χ2n) is 7.27. The highest BCUT2D eigenvalue weighted by Crippen LogP contribution is 2.33. The van der Waals surface area contributed by atoms with Crippen molar-refractivity contribution in [1.29, 1.82) is 5.26 Å². The minimum Gasteiger partial charge on any atom is -0.493 e. The molecule has 10 heteroatoms. The van der Waals surface area contributed by atoms with Crippen molar-refractivity contribution in [3.63, 3.8) is 0 Å². The van der Waals surface area contributed by atoms with Gasteiger partial charge < -0.3 is 14.4 Å². The Bertz CT molecular complexity index is 1100. The second kappa shape index (κ2) is 10.8. The first-order valence-corrected chi connectivity index (χ1v) is 12.7. The van der Waals surface area contributed by atoms with Gasteiger partial charge in [0, 0.05) is 37.6 Å². The van der Waals surface area contributed by atoms with E-state index in [2.05, 4.69) is 21.9 Å². The van der Waals surface area contributed by atoms with E-state index in [9.17, 15) is 13.7 Å². The molecule has 0 unspecified atom stereocenters. The molecule has 0 radical (unpaired) electrons. The molecule has 1 aromatic carbocycles. The molecule has 2 heterocycles. The summed E-state index contributed by atoms with van der Waals surface area (Å²) in [7, 11) is -0.244. The Labute approximate surface area is 193 Å². The van der Waals surface area contributed by atoms with E-state index in [1.807, 2.05) is 18.2 Å². The first-order valence-electron chi connectivity index (χ1n) is 10.1. The highest BCUT2D eigenvalue weighted by molar-refractivity contribution is 7.85. The largest absolute Gasteiger partial charge is 0.493 e. The predicted octanol–water partition coefficient (Wildman–Crippen LogP) is 2.93. The SMILES string of the molecule is COc1ccc(/C(C#N)=C/c2ccc(N3CCN(CCOS(C)(=O)=O)CC3)s2)cc1OC. The third kappa shape index (κ3) is 6.46. The Kier molecular flexibility index (Phi) is 8.15. The summed E-state index contributed by atoms with van der Waals surface area (Å²) in [5, 5.41) is 10.8. The summed E-state index contributed by atoms with van der Waals surface area (Å²) in [5.74, 6) is 1.20. The number of hydrogen-bond donors (Lipinski definition) is 0. The lowest BCUT2D eigenvalue weighted by molar-refractivity contribution is 0.205. The maximum absolute atomic E-state index is 11.1. The molecule has 8 nitrogen and oxygen atoms in total. The Balaban J connectivity index is 1.63. The van der Waals surface area contributed by atoms with Gasteiger partial charge in [0.15, 0.2) is 11.5 Å². The highest BCUT2D eigenvalue weighted by atomic mass is 32.2. The van der Waals surface area contributed by atoms with Gasteiger partial charge in [0.05, 0.1) is 43.7 Å². The van der Waals surface area contributed by atoms with Gasteiger partial charge in [0.1, 0.15) is 0 Å². The van der Waals surface area contributed by atoms with E-state index in [1.165, 1.54) is 0 Å². The molecule has 1 fully saturated rings. The Hall–Kier alpha value is -2.58. The van der Waals surface area contributed by atoms with Crippen molar-refractivity contribution < 1.29 is 22.1 Å². The van der Waals surface area contributed by atoms with E-state index in [-0.39, 0.29) is 6.61 Å². The molecule has 1 aromatic heterocycles. The zero-order chi connectivity index (χ0) is 23.1. The number of nitriles is 1. The lowest BCUT2D eigenvalue weighted by Gasteiger charge is -2.35. The number of hydrogen-bond acceptors (Lipinski definition) is 9. The zero-order valence-electron chi connectivity index (χ0n) is 18.4. The number of nitrogens with zero attached hydrogens (tertiary/aromatic N) is 3. The Morgan fingerprint density at radius 3 is 2.47 bits per heavy atom. The smallest absolute Gasteiger partial charge is 0.264 e. The summed E-state index contributed by atoms with van der Waals surface area (Å²) in [6.07, 6.45) is 2.95. The fraction of sp³-hybridized carbons (Fsp3) is 0.409. The quantitative estimate of drug-likeness (QED) is 0.402. The van der Waals surface area contributed by atoms with Crippen LogP contribution >= 0.6 is 11.3 Å². The van der Waals surface area contributed by atoms with E-state index >= 15 is 0 Å². The van der Waals surface area contributed by atoms with Crippen LogP contribution in [-0.2, 0) is 14.3 Å². The van der Waals surface area contributed by atoms with Crippen LogP contribution in [0.4, 0.5) is 5.00 Å². The molecule has 1 aliphatic rings. The van der Waals surface area contributed by atoms with Crippen LogP contribution in [0.5, 0.6) is 11.5 Å². The second-order valence-corrected chi connectivity index (χ2v) is 10.0. The molecule has 0 saturated carbocycles. The van der Waals surface area contributed by atoms with Crippen molar-refractivity contribution in [2.75, 3.05) is 64.7 Å². The van der Waals surface area contributed by atoms with Crippen LogP contribution in [0.3, 0.4) is 0 Å². The lowest BCUT2D eigenvalue weighted by Crippen LogP contribution is -2.47. The number of thiophene rings is 1. The number of ether oxygens (including phenoxy) is 2. The summed E-state index contributed by atoms with van der Waals surface area (Å²) >= 11 is 1.64. The Morgan fingerprint density at radius 1 is 1.12 bits per heavy atom. The van der Waals surface area contributed by atoms with Crippen LogP contribution < -0.4 is 14.4 Å². The van der Waals surface area contributed by atoms with Crippen LogP contribution in [0.25, 0.3) is 11.6 Å². The molecule has 0 N–H and O–H groups in total. The molecule has 1 saturated heterocycles. The molecule has 0 spiro atoms. The van der Waals surface area contributed by atoms with E-state index in [1.54, 1.807) is 37.7 Å². The third-order valence-corrected chi connectivity index (χ3v) is 6.79. The summed E-state index contributed by atoms with van der Waals surface area (Å²) in [5.41, 5.74) is 1.32. The monoisotopic (exact) mass is 477 g/mol. The molecule has 32 heavy (non-hydrogen) atoms. The van der Waals surface area contributed by atoms with Crippen molar-refractivity contribution in [2.24, 2.45) is 0 Å². The van der Waals surface area contributed by atoms with Gasteiger partial charge in [0.25, 0.3) is 10.1 Å². The number of methoxy groups -OCH3 is 2. The molecule has 2 aromatic rings. The maximum Gasteiger partial charge on any atom is 0.264 e. The third-order valence-electron chi connectivity index (χ3n) is 5.10. The maximum atomic E-state index is 11.1. The van der Waals surface area contributed by atoms with Crippen molar-refractivity contribution >= 4 is 38.1 Å². The predicted molar refractivity (Wildman–Crippen MR) is 127 cm³/mol. The fourth-order valence-electron chi connectivity index (χ4n) is 3.43. The standard InChI is InChI=1S/C22H27N3O5S2/c1-28-20-6-4-17(15-21(20)29-2)18(16-23)14-19-5-7-22(31-19)25-10-8-24(9-11-25)12-13-30-32(3,26)27/h4-7,14-15H,8-13H2,1-3H3/b18-14+. The van der Waals surface area contributed by atoms with Crippen LogP contribution in [0, 0.1) is 11.3 Å². The normalized spacial score (nSPS) is 15.4. The van der Waals surface area contributed by atoms with Gasteiger partial charge in [-0.2, -0.15) is 13.7 Å². The van der Waals surface area contributed by atoms with Crippen LogP contribution in [0.15, 0.2) is 30.3 Å². The van der Waals surface area contributed by atoms with Gasteiger partial charge in [-0.05, 0) is 42.0 Å². The van der Waals surface area contributed by atoms with Crippen LogP contribution in [0.1, 0.15) is 10.4 Å². The van der Waals surface area contributed by atoms with Gasteiger partial charge >= 0.3 is 0 Å². The topological polar surface area (TPSA) is 92.1 Å². The molecule has 1 aliphatic heterocycles. The fourth-order valence-corrected chi connectivity index (χ4v) is 4.80. The lowest BCUT2D eigenvalue weighted by atomic mass is 10.1. The molecule has 0 bridgehead atoms. The van der Waals surface area contributed by atoms with E-state index in [0.29, 0.717) is 23.6 Å². The molecular formula is C22H27N3O5S2. The summed E-state index contributed by atoms with van der Waals surface area (Å²) in [6.45, 7) is 4.15. The molecule has 172 valence electrons. The Morgan fingerprint density at radius 2 is 1.84 bits per heavy atom. The number of benzene rings is 1. The van der Waals surface area contributed by atoms with Gasteiger partial charge in [-0.1, -0.05) is 0 Å². The summed E-state index contributed by atoms with van der Waals surface area (Å²) < 4.78 is 37.6. The van der Waals surface area contributed by atoms with Gasteiger partial charge in [-0.25, -0.2) is 0 Å². The molecule has 0 atom stereocenters. The summed E-state index contributed by atoms with van der Waals surface area (Å²) in [6, 6.07) is 11.8. The first kappa shape index (κ1) is 24.1. The van der Waals surface area contributed by atoms with Gasteiger partial charge in [-0.3, -0.25) is 9.08 Å². The molecule has 0 aliphatic carbocycles. The highest BCUT2D eigenvalue weighted by Gasteiger charge is 2.19. The first-order chi connectivity index (χ1) is 15.3. The zero-order valence-corrected chi connectivity index (χ0v) is 20.0. The summed E-state index contributed by atoms with van der Waals surface area (Å²) in [4.78, 5) is 5.50. The van der Waals surface area contributed by atoms with Crippen LogP contribution in [0.2, 0.25) is 0 Å². The van der Waals surface area contributed by atoms with E-state index in [4.69, 9.17) is 13.7 Å². The van der Waals surface area contributed by atoms with Crippen molar-refractivity contribution in [3.05, 3.63) is 40.8 Å². The molecular weight excluding hydrogens is 450 g/mol. The average molecular weight is 478 g/mol. The number of piperazine rings is 1. The van der Waals surface area contributed by atoms with Crippen molar-refractivity contribution in [3.8, 4) is 17.6 Å². The number of allylic oxidation sites excluding steroid dienone is 1. The van der Waals surface area contributed by atoms with Gasteiger partial charge in [-0.15, -0.1) is 11.3 Å². The molecule has 3 rings (SSSR count). The van der Waals surface area contributed by atoms with Crippen LogP contribution in [-0.4, -0.2) is 73.1 Å². The number of anilines is 1. The van der Waals surface area contributed by atoms with Crippen molar-refractivity contribution in [1.82, 2.24) is 4.90 Å². The minimum absolute atomic E-state index is 0.180.